The van der Waals surface area contributed by atoms with Crippen LogP contribution in [0.4, 0.5) is 0 Å². The summed E-state index contributed by atoms with van der Waals surface area (Å²) in [5.41, 5.74) is 0. The molecular formula is C13H21N3O3. The topological polar surface area (TPSA) is 78.5 Å². The molecule has 0 bridgehead atoms. The Labute approximate surface area is 112 Å². The van der Waals surface area contributed by atoms with Gasteiger partial charge in [-0.1, -0.05) is 0 Å². The molecule has 3 amide bonds. The van der Waals surface area contributed by atoms with Crippen LogP contribution in [0.3, 0.4) is 0 Å². The Morgan fingerprint density at radius 2 is 1.95 bits per heavy atom. The van der Waals surface area contributed by atoms with Gasteiger partial charge in [0.2, 0.25) is 17.7 Å². The first-order valence-electron chi connectivity index (χ1n) is 6.89. The third-order valence-electron chi connectivity index (χ3n) is 3.92. The molecule has 0 aromatic rings. The van der Waals surface area contributed by atoms with Crippen molar-refractivity contribution in [3.8, 4) is 0 Å². The maximum Gasteiger partial charge on any atom is 0.225 e. The highest BCUT2D eigenvalue weighted by Crippen LogP contribution is 2.14. The number of nitrogens with one attached hydrogen (secondary N) is 2. The Kier molecular flexibility index (Phi) is 4.39. The predicted octanol–water partition coefficient (Wildman–Crippen LogP) is -0.360. The zero-order valence-corrected chi connectivity index (χ0v) is 11.3. The number of carbonyl (C=O) groups excluding carboxylic acids is 3. The van der Waals surface area contributed by atoms with E-state index >= 15 is 0 Å². The lowest BCUT2D eigenvalue weighted by molar-refractivity contribution is -0.130. The van der Waals surface area contributed by atoms with Crippen LogP contribution in [0, 0.1) is 5.92 Å². The molecule has 0 spiro atoms. The molecule has 2 heterocycles. The van der Waals surface area contributed by atoms with Gasteiger partial charge >= 0.3 is 0 Å². The Balaban J connectivity index is 1.74. The van der Waals surface area contributed by atoms with Crippen molar-refractivity contribution in [3.05, 3.63) is 0 Å². The Morgan fingerprint density at radius 3 is 2.47 bits per heavy atom. The van der Waals surface area contributed by atoms with E-state index < -0.39 is 0 Å². The van der Waals surface area contributed by atoms with Gasteiger partial charge in [0.05, 0.1) is 5.92 Å². The molecule has 0 radical (unpaired) electrons. The van der Waals surface area contributed by atoms with Gasteiger partial charge in [0.1, 0.15) is 0 Å². The van der Waals surface area contributed by atoms with E-state index in [0.29, 0.717) is 32.5 Å². The molecule has 0 aromatic heterocycles. The fraction of sp³-hybridized carbons (Fsp3) is 0.769. The van der Waals surface area contributed by atoms with Crippen molar-refractivity contribution >= 4 is 17.7 Å². The molecule has 0 aromatic carbocycles. The van der Waals surface area contributed by atoms with Gasteiger partial charge in [0.15, 0.2) is 0 Å². The van der Waals surface area contributed by atoms with Crippen molar-refractivity contribution in [1.29, 1.82) is 0 Å². The number of amides is 3. The minimum atomic E-state index is -0.108. The standard InChI is InChI=1S/C13H21N3O3/c1-9(17)16-6-4-11(5-7-16)15-13(19)10-2-3-12(18)14-8-10/h10-11H,2-8H2,1H3,(H,14,18)(H,15,19). The fourth-order valence-electron chi connectivity index (χ4n) is 2.61. The molecule has 1 unspecified atom stereocenters. The molecule has 19 heavy (non-hydrogen) atoms. The fourth-order valence-corrected chi connectivity index (χ4v) is 2.61. The van der Waals surface area contributed by atoms with E-state index in [1.807, 2.05) is 4.90 Å². The maximum absolute atomic E-state index is 12.0. The summed E-state index contributed by atoms with van der Waals surface area (Å²) in [5, 5.41) is 5.75. The number of piperidine rings is 2. The van der Waals surface area contributed by atoms with E-state index in [-0.39, 0.29) is 29.7 Å². The van der Waals surface area contributed by atoms with E-state index in [1.165, 1.54) is 0 Å². The molecule has 6 nitrogen and oxygen atoms in total. The third kappa shape index (κ3) is 3.68. The third-order valence-corrected chi connectivity index (χ3v) is 3.92. The SMILES string of the molecule is CC(=O)N1CCC(NC(=O)C2CCC(=O)NC2)CC1. The molecule has 2 fully saturated rings. The van der Waals surface area contributed by atoms with Crippen molar-refractivity contribution in [3.63, 3.8) is 0 Å². The number of hydrogen-bond donors (Lipinski definition) is 2. The van der Waals surface area contributed by atoms with Crippen molar-refractivity contribution in [1.82, 2.24) is 15.5 Å². The summed E-state index contributed by atoms with van der Waals surface area (Å²) in [4.78, 5) is 36.1. The number of nitrogens with zero attached hydrogens (tertiary/aromatic N) is 1. The van der Waals surface area contributed by atoms with Crippen molar-refractivity contribution in [2.45, 2.75) is 38.6 Å². The highest BCUT2D eigenvalue weighted by Gasteiger charge is 2.27. The zero-order chi connectivity index (χ0) is 13.8. The average Bonchev–Trinajstić information content (AvgIpc) is 2.40. The summed E-state index contributed by atoms with van der Waals surface area (Å²) in [7, 11) is 0. The van der Waals surface area contributed by atoms with E-state index in [4.69, 9.17) is 0 Å². The minimum Gasteiger partial charge on any atom is -0.355 e. The van der Waals surface area contributed by atoms with Gasteiger partial charge in [0, 0.05) is 39.0 Å². The first-order valence-corrected chi connectivity index (χ1v) is 6.89. The largest absolute Gasteiger partial charge is 0.355 e. The van der Waals surface area contributed by atoms with E-state index in [2.05, 4.69) is 10.6 Å². The van der Waals surface area contributed by atoms with Gasteiger partial charge in [-0.3, -0.25) is 14.4 Å². The average molecular weight is 267 g/mol. The van der Waals surface area contributed by atoms with Crippen molar-refractivity contribution < 1.29 is 14.4 Å². The quantitative estimate of drug-likeness (QED) is 0.717. The van der Waals surface area contributed by atoms with Crippen LogP contribution in [0.25, 0.3) is 0 Å². The molecular weight excluding hydrogens is 246 g/mol. The summed E-state index contributed by atoms with van der Waals surface area (Å²) in [6.07, 6.45) is 2.68. The van der Waals surface area contributed by atoms with Crippen LogP contribution < -0.4 is 10.6 Å². The van der Waals surface area contributed by atoms with E-state index in [1.54, 1.807) is 6.92 Å². The van der Waals surface area contributed by atoms with E-state index in [9.17, 15) is 14.4 Å². The maximum atomic E-state index is 12.0. The second-order valence-electron chi connectivity index (χ2n) is 5.33. The van der Waals surface area contributed by atoms with Crippen molar-refractivity contribution in [2.75, 3.05) is 19.6 Å². The molecule has 0 aliphatic carbocycles. The number of likely N-dealkylation sites (tertiary alicyclic amines) is 1. The molecule has 2 saturated heterocycles. The summed E-state index contributed by atoms with van der Waals surface area (Å²) >= 11 is 0. The summed E-state index contributed by atoms with van der Waals surface area (Å²) in [6, 6.07) is 0.153. The number of rotatable bonds is 2. The zero-order valence-electron chi connectivity index (χ0n) is 11.3. The minimum absolute atomic E-state index is 0.0267. The van der Waals surface area contributed by atoms with E-state index in [0.717, 1.165) is 12.8 Å². The first-order chi connectivity index (χ1) is 9.06. The lowest BCUT2D eigenvalue weighted by Crippen LogP contribution is -2.49. The summed E-state index contributed by atoms with van der Waals surface area (Å²) in [6.45, 7) is 3.43. The number of carbonyl (C=O) groups is 3. The van der Waals surface area contributed by atoms with Gasteiger partial charge in [-0.2, -0.15) is 0 Å². The Hall–Kier alpha value is -1.59. The van der Waals surface area contributed by atoms with Crippen LogP contribution in [0.5, 0.6) is 0 Å². The molecule has 2 N–H and O–H groups in total. The van der Waals surface area contributed by atoms with Crippen LogP contribution in [-0.4, -0.2) is 48.3 Å². The Bertz CT molecular complexity index is 365. The summed E-state index contributed by atoms with van der Waals surface area (Å²) < 4.78 is 0. The lowest BCUT2D eigenvalue weighted by atomic mass is 9.97. The van der Waals surface area contributed by atoms with Crippen LogP contribution in [0.15, 0.2) is 0 Å². The molecule has 106 valence electrons. The highest BCUT2D eigenvalue weighted by molar-refractivity contribution is 5.83. The lowest BCUT2D eigenvalue weighted by Gasteiger charge is -2.33. The molecule has 2 rings (SSSR count). The molecule has 2 aliphatic rings. The highest BCUT2D eigenvalue weighted by atomic mass is 16.2. The first kappa shape index (κ1) is 13.8. The van der Waals surface area contributed by atoms with Gasteiger partial charge < -0.3 is 15.5 Å². The Morgan fingerprint density at radius 1 is 1.26 bits per heavy atom. The van der Waals surface area contributed by atoms with Crippen LogP contribution in [-0.2, 0) is 14.4 Å². The summed E-state index contributed by atoms with van der Waals surface area (Å²) in [5.74, 6) is 0.0448. The molecule has 0 saturated carbocycles. The van der Waals surface area contributed by atoms with Gasteiger partial charge in [0.25, 0.3) is 0 Å². The second kappa shape index (κ2) is 6.04. The van der Waals surface area contributed by atoms with Crippen LogP contribution >= 0.6 is 0 Å². The van der Waals surface area contributed by atoms with Crippen LogP contribution in [0.1, 0.15) is 32.6 Å². The molecule has 1 atom stereocenters. The predicted molar refractivity (Wildman–Crippen MR) is 69.2 cm³/mol. The van der Waals surface area contributed by atoms with Crippen molar-refractivity contribution in [2.24, 2.45) is 5.92 Å². The van der Waals surface area contributed by atoms with Gasteiger partial charge in [-0.05, 0) is 19.3 Å². The van der Waals surface area contributed by atoms with Gasteiger partial charge in [-0.25, -0.2) is 0 Å². The normalized spacial score (nSPS) is 24.8. The second-order valence-corrected chi connectivity index (χ2v) is 5.33. The van der Waals surface area contributed by atoms with Crippen LogP contribution in [0.2, 0.25) is 0 Å². The smallest absolute Gasteiger partial charge is 0.225 e. The monoisotopic (exact) mass is 267 g/mol. The molecule has 6 heteroatoms. The van der Waals surface area contributed by atoms with Gasteiger partial charge in [-0.15, -0.1) is 0 Å². The number of hydrogen-bond acceptors (Lipinski definition) is 3. The molecule has 2 aliphatic heterocycles.